The summed E-state index contributed by atoms with van der Waals surface area (Å²) in [7, 11) is 1.65. The standard InChI is InChI=1S/C13H15N4O2.C4H9.Sn/c1-18-13-12(14-5-6-15-13)10-8-16-17(9-10)11-4-2-3-7-19-11;1-4(2)3;/h5,8-9,11H,2-4,7H2,1H3;1-3H3;. The van der Waals surface area contributed by atoms with Crippen LogP contribution in [-0.2, 0) is 4.74 Å². The van der Waals surface area contributed by atoms with Crippen LogP contribution >= 0.6 is 0 Å². The molecule has 2 radical (unpaired) electrons. The molecule has 0 saturated carbocycles. The van der Waals surface area contributed by atoms with Gasteiger partial charge in [0, 0.05) is 0 Å². The minimum absolute atomic E-state index is 0.0284. The molecule has 3 heterocycles. The maximum absolute atomic E-state index is 5.78. The van der Waals surface area contributed by atoms with Crippen LogP contribution in [-0.4, -0.2) is 54.6 Å². The van der Waals surface area contributed by atoms with E-state index in [4.69, 9.17) is 14.5 Å². The van der Waals surface area contributed by atoms with Crippen molar-refractivity contribution in [2.24, 2.45) is 0 Å². The number of rotatable bonds is 4. The third kappa shape index (κ3) is 4.27. The molecule has 0 aliphatic carbocycles. The van der Waals surface area contributed by atoms with E-state index in [1.165, 1.54) is 6.42 Å². The zero-order valence-electron chi connectivity index (χ0n) is 14.7. The Hall–Kier alpha value is -1.15. The molecule has 1 aliphatic rings. The molecule has 24 heavy (non-hydrogen) atoms. The van der Waals surface area contributed by atoms with Crippen LogP contribution in [0.2, 0.25) is 3.43 Å². The van der Waals surface area contributed by atoms with Gasteiger partial charge in [-0.1, -0.05) is 0 Å². The van der Waals surface area contributed by atoms with Crippen LogP contribution in [0.15, 0.2) is 18.6 Å². The quantitative estimate of drug-likeness (QED) is 0.692. The summed E-state index contributed by atoms with van der Waals surface area (Å²) in [4.78, 5) is 9.32. The van der Waals surface area contributed by atoms with Crippen LogP contribution in [0.3, 0.4) is 0 Å². The first-order valence-electron chi connectivity index (χ1n) is 8.31. The first-order chi connectivity index (χ1) is 11.5. The fourth-order valence-electron chi connectivity index (χ4n) is 2.71. The van der Waals surface area contributed by atoms with E-state index in [1.54, 1.807) is 7.11 Å². The Bertz CT molecular complexity index is 690. The van der Waals surface area contributed by atoms with Crippen LogP contribution < -0.4 is 8.45 Å². The summed E-state index contributed by atoms with van der Waals surface area (Å²) in [5, 5.41) is 4.45. The van der Waals surface area contributed by atoms with Crippen molar-refractivity contribution in [2.45, 2.75) is 49.7 Å². The molecular weight excluding hydrogens is 411 g/mol. The molecule has 128 valence electrons. The van der Waals surface area contributed by atoms with Gasteiger partial charge in [-0.15, -0.1) is 0 Å². The van der Waals surface area contributed by atoms with Gasteiger partial charge in [0.1, 0.15) is 0 Å². The number of aromatic nitrogens is 4. The Morgan fingerprint density at radius 2 is 2.12 bits per heavy atom. The van der Waals surface area contributed by atoms with Gasteiger partial charge in [-0.3, -0.25) is 0 Å². The van der Waals surface area contributed by atoms with Crippen LogP contribution in [0.25, 0.3) is 11.3 Å². The summed E-state index contributed by atoms with van der Waals surface area (Å²) in [6, 6.07) is 0. The van der Waals surface area contributed by atoms with Gasteiger partial charge >= 0.3 is 153 Å². The van der Waals surface area contributed by atoms with Crippen molar-refractivity contribution in [1.29, 1.82) is 0 Å². The number of hydrogen-bond donors (Lipinski definition) is 0. The number of hydrogen-bond acceptors (Lipinski definition) is 5. The van der Waals surface area contributed by atoms with Gasteiger partial charge in [0.15, 0.2) is 0 Å². The molecule has 7 heteroatoms. The number of ether oxygens (including phenoxy) is 2. The van der Waals surface area contributed by atoms with Crippen LogP contribution in [0.1, 0.15) is 46.3 Å². The second kappa shape index (κ2) is 7.39. The topological polar surface area (TPSA) is 62.1 Å². The van der Waals surface area contributed by atoms with Crippen LogP contribution in [0.5, 0.6) is 5.88 Å². The molecule has 2 aromatic rings. The van der Waals surface area contributed by atoms with Gasteiger partial charge in [-0.05, 0) is 0 Å². The molecular formula is C17H24N4O2Sn. The predicted octanol–water partition coefficient (Wildman–Crippen LogP) is 2.60. The SMILES string of the molecule is COc1n[c]([Sn][C](C)(C)C)cnc1-c1cnn(C2CCCCO2)c1. The molecule has 0 N–H and O–H groups in total. The Labute approximate surface area is 153 Å². The average molecular weight is 435 g/mol. The summed E-state index contributed by atoms with van der Waals surface area (Å²) in [6.45, 7) is 7.58. The summed E-state index contributed by atoms with van der Waals surface area (Å²) in [6.07, 6.45) is 9.03. The van der Waals surface area contributed by atoms with Gasteiger partial charge in [0.05, 0.1) is 0 Å². The predicted molar refractivity (Wildman–Crippen MR) is 93.7 cm³/mol. The van der Waals surface area contributed by atoms with E-state index in [-0.39, 0.29) is 6.23 Å². The summed E-state index contributed by atoms with van der Waals surface area (Å²) < 4.78 is 14.6. The fraction of sp³-hybridized carbons (Fsp3) is 0.588. The first kappa shape index (κ1) is 17.7. The molecule has 1 aliphatic heterocycles. The fourth-order valence-corrected chi connectivity index (χ4v) is 5.72. The summed E-state index contributed by atoms with van der Waals surface area (Å²) in [5.74, 6) is 0.585. The van der Waals surface area contributed by atoms with Gasteiger partial charge in [0.25, 0.3) is 0 Å². The zero-order valence-corrected chi connectivity index (χ0v) is 17.6. The molecule has 2 aromatic heterocycles. The van der Waals surface area contributed by atoms with E-state index >= 15 is 0 Å². The van der Waals surface area contributed by atoms with Crippen molar-refractivity contribution < 1.29 is 9.47 Å². The third-order valence-corrected chi connectivity index (χ3v) is 7.32. The van der Waals surface area contributed by atoms with Crippen molar-refractivity contribution in [3.63, 3.8) is 0 Å². The summed E-state index contributed by atoms with van der Waals surface area (Å²) >= 11 is -0.809. The normalized spacial score (nSPS) is 18.6. The van der Waals surface area contributed by atoms with E-state index < -0.39 is 21.1 Å². The van der Waals surface area contributed by atoms with E-state index in [2.05, 4.69) is 30.9 Å². The van der Waals surface area contributed by atoms with E-state index in [1.807, 2.05) is 23.3 Å². The van der Waals surface area contributed by atoms with Crippen LogP contribution in [0, 0.1) is 0 Å². The molecule has 0 bridgehead atoms. The Kier molecular flexibility index (Phi) is 5.44. The van der Waals surface area contributed by atoms with Crippen molar-refractivity contribution >= 4 is 24.9 Å². The second-order valence-corrected chi connectivity index (χ2v) is 13.5. The Balaban J connectivity index is 1.84. The Morgan fingerprint density at radius 1 is 1.29 bits per heavy atom. The monoisotopic (exact) mass is 436 g/mol. The van der Waals surface area contributed by atoms with Crippen molar-refractivity contribution in [2.75, 3.05) is 13.7 Å². The molecule has 1 fully saturated rings. The van der Waals surface area contributed by atoms with E-state index in [9.17, 15) is 0 Å². The molecule has 1 saturated heterocycles. The van der Waals surface area contributed by atoms with Crippen molar-refractivity contribution in [1.82, 2.24) is 19.7 Å². The van der Waals surface area contributed by atoms with Gasteiger partial charge in [-0.25, -0.2) is 0 Å². The molecule has 1 unspecified atom stereocenters. The third-order valence-electron chi connectivity index (χ3n) is 3.76. The Morgan fingerprint density at radius 3 is 2.79 bits per heavy atom. The molecule has 3 rings (SSSR count). The molecule has 0 aromatic carbocycles. The first-order valence-corrected chi connectivity index (χ1v) is 11.2. The molecule has 0 amide bonds. The molecule has 1 atom stereocenters. The van der Waals surface area contributed by atoms with Crippen molar-refractivity contribution in [3.8, 4) is 17.1 Å². The van der Waals surface area contributed by atoms with E-state index in [0.29, 0.717) is 9.31 Å². The van der Waals surface area contributed by atoms with Gasteiger partial charge in [0.2, 0.25) is 0 Å². The van der Waals surface area contributed by atoms with Gasteiger partial charge in [-0.2, -0.15) is 0 Å². The minimum atomic E-state index is -0.809. The van der Waals surface area contributed by atoms with Gasteiger partial charge < -0.3 is 0 Å². The number of nitrogens with zero attached hydrogens (tertiary/aromatic N) is 4. The molecule has 6 nitrogen and oxygen atoms in total. The maximum atomic E-state index is 5.78. The zero-order chi connectivity index (χ0) is 17.2. The average Bonchev–Trinajstić information content (AvgIpc) is 3.04. The second-order valence-electron chi connectivity index (χ2n) is 7.02. The van der Waals surface area contributed by atoms with Crippen LogP contribution in [0.4, 0.5) is 0 Å². The van der Waals surface area contributed by atoms with Crippen molar-refractivity contribution in [3.05, 3.63) is 18.6 Å². The number of methoxy groups -OCH3 is 1. The van der Waals surface area contributed by atoms with E-state index in [0.717, 1.165) is 34.4 Å². The summed E-state index contributed by atoms with van der Waals surface area (Å²) in [5.41, 5.74) is 1.66. The molecule has 0 spiro atoms.